The summed E-state index contributed by atoms with van der Waals surface area (Å²) in [5.74, 6) is 2.54. The molecule has 2 N–H and O–H groups in total. The molecule has 1 aliphatic rings. The summed E-state index contributed by atoms with van der Waals surface area (Å²) in [6, 6.07) is 6.00. The van der Waals surface area contributed by atoms with E-state index >= 15 is 0 Å². The topological polar surface area (TPSA) is 70.9 Å². The molecule has 2 heterocycles. The van der Waals surface area contributed by atoms with Crippen molar-refractivity contribution in [2.75, 3.05) is 23.9 Å². The Morgan fingerprint density at radius 3 is 2.96 bits per heavy atom. The van der Waals surface area contributed by atoms with Crippen LogP contribution < -0.4 is 5.32 Å². The van der Waals surface area contributed by atoms with Gasteiger partial charge in [-0.15, -0.1) is 0 Å². The molecule has 0 aromatic carbocycles. The summed E-state index contributed by atoms with van der Waals surface area (Å²) >= 11 is 1.77. The Bertz CT molecular complexity index is 645. The number of nitrogens with zero attached hydrogens (tertiary/aromatic N) is 3. The van der Waals surface area contributed by atoms with E-state index in [0.717, 1.165) is 48.6 Å². The van der Waals surface area contributed by atoms with Crippen LogP contribution in [0.3, 0.4) is 0 Å². The average Bonchev–Trinajstić information content (AvgIpc) is 3.05. The van der Waals surface area contributed by atoms with Crippen molar-refractivity contribution >= 4 is 17.6 Å². The van der Waals surface area contributed by atoms with Crippen molar-refractivity contribution in [3.05, 3.63) is 35.7 Å². The van der Waals surface area contributed by atoms with Crippen molar-refractivity contribution in [3.63, 3.8) is 0 Å². The molecule has 0 fully saturated rings. The van der Waals surface area contributed by atoms with Crippen LogP contribution in [0.5, 0.6) is 0 Å². The molecule has 2 aromatic rings. The number of thioether (sulfide) groups is 1. The molecule has 0 saturated carbocycles. The summed E-state index contributed by atoms with van der Waals surface area (Å²) in [5.41, 5.74) is 3.16. The van der Waals surface area contributed by atoms with Gasteiger partial charge in [0.1, 0.15) is 11.5 Å². The van der Waals surface area contributed by atoms with E-state index < -0.39 is 0 Å². The van der Waals surface area contributed by atoms with Gasteiger partial charge in [-0.25, -0.2) is 9.97 Å². The van der Waals surface area contributed by atoms with E-state index in [0.29, 0.717) is 5.82 Å². The van der Waals surface area contributed by atoms with Crippen molar-refractivity contribution in [1.29, 1.82) is 0 Å². The predicted molar refractivity (Wildman–Crippen MR) is 94.8 cm³/mol. The monoisotopic (exact) mass is 330 g/mol. The normalized spacial score (nSPS) is 14.5. The Hall–Kier alpha value is -1.66. The molecule has 1 aliphatic carbocycles. The average molecular weight is 330 g/mol. The molecule has 122 valence electrons. The van der Waals surface area contributed by atoms with Gasteiger partial charge in [-0.2, -0.15) is 11.8 Å². The zero-order valence-electron chi connectivity index (χ0n) is 13.3. The predicted octanol–water partition coefficient (Wildman–Crippen LogP) is 2.55. The highest BCUT2D eigenvalue weighted by Crippen LogP contribution is 2.29. The van der Waals surface area contributed by atoms with Crippen molar-refractivity contribution in [3.8, 4) is 11.5 Å². The molecular weight excluding hydrogens is 308 g/mol. The summed E-state index contributed by atoms with van der Waals surface area (Å²) in [6.45, 7) is 0.179. The van der Waals surface area contributed by atoms with Gasteiger partial charge in [-0.3, -0.25) is 4.98 Å². The van der Waals surface area contributed by atoms with Gasteiger partial charge in [-0.1, -0.05) is 6.07 Å². The van der Waals surface area contributed by atoms with Crippen LogP contribution in [0.2, 0.25) is 0 Å². The Labute approximate surface area is 141 Å². The summed E-state index contributed by atoms with van der Waals surface area (Å²) in [6.07, 6.45) is 7.71. The second-order valence-corrected chi connectivity index (χ2v) is 6.61. The van der Waals surface area contributed by atoms with Crippen LogP contribution in [0.4, 0.5) is 5.82 Å². The fourth-order valence-corrected chi connectivity index (χ4v) is 3.56. The van der Waals surface area contributed by atoms with Gasteiger partial charge in [0.05, 0.1) is 0 Å². The van der Waals surface area contributed by atoms with Crippen LogP contribution >= 0.6 is 11.8 Å². The van der Waals surface area contributed by atoms with Crippen LogP contribution in [0.15, 0.2) is 24.4 Å². The summed E-state index contributed by atoms with van der Waals surface area (Å²) in [4.78, 5) is 13.8. The van der Waals surface area contributed by atoms with Crippen molar-refractivity contribution in [1.82, 2.24) is 15.0 Å². The third-order valence-electron chi connectivity index (χ3n) is 4.01. The molecule has 2 aromatic heterocycles. The van der Waals surface area contributed by atoms with E-state index in [4.69, 9.17) is 9.97 Å². The second-order valence-electron chi connectivity index (χ2n) is 5.70. The van der Waals surface area contributed by atoms with Gasteiger partial charge in [-0.05, 0) is 44.1 Å². The van der Waals surface area contributed by atoms with E-state index in [1.54, 1.807) is 18.0 Å². The fourth-order valence-electron chi connectivity index (χ4n) is 2.91. The maximum Gasteiger partial charge on any atom is 0.180 e. The molecule has 0 aliphatic heterocycles. The molecule has 0 amide bonds. The second kappa shape index (κ2) is 7.75. The summed E-state index contributed by atoms with van der Waals surface area (Å²) in [7, 11) is 0. The number of aliphatic hydroxyl groups is 1. The van der Waals surface area contributed by atoms with Crippen LogP contribution in [-0.2, 0) is 12.8 Å². The lowest BCUT2D eigenvalue weighted by Gasteiger charge is -2.20. The first-order valence-corrected chi connectivity index (χ1v) is 9.38. The van der Waals surface area contributed by atoms with Crippen LogP contribution in [-0.4, -0.2) is 44.7 Å². The fraction of sp³-hybridized carbons (Fsp3) is 0.471. The molecule has 6 heteroatoms. The minimum absolute atomic E-state index is 0.179. The number of aromatic nitrogens is 3. The van der Waals surface area contributed by atoms with Crippen molar-refractivity contribution < 1.29 is 5.11 Å². The molecular formula is C17H22N4OS. The number of hydrogen-bond donors (Lipinski definition) is 2. The highest BCUT2D eigenvalue weighted by atomic mass is 32.2. The third-order valence-corrected chi connectivity index (χ3v) is 4.75. The van der Waals surface area contributed by atoms with Crippen LogP contribution in [0.25, 0.3) is 11.5 Å². The Kier molecular flexibility index (Phi) is 5.46. The minimum atomic E-state index is 0.179. The number of pyridine rings is 1. The third kappa shape index (κ3) is 3.82. The zero-order chi connectivity index (χ0) is 16.1. The van der Waals surface area contributed by atoms with Gasteiger partial charge < -0.3 is 10.4 Å². The molecule has 1 atom stereocenters. The molecule has 0 unspecified atom stereocenters. The van der Waals surface area contributed by atoms with Gasteiger partial charge in [0.15, 0.2) is 5.82 Å². The highest BCUT2D eigenvalue weighted by molar-refractivity contribution is 7.98. The number of nitrogens with one attached hydrogen (secondary N) is 1. The van der Waals surface area contributed by atoms with E-state index in [2.05, 4.69) is 16.6 Å². The number of fused-ring (bicyclic) bond motifs is 1. The smallest absolute Gasteiger partial charge is 0.180 e. The largest absolute Gasteiger partial charge is 0.396 e. The Morgan fingerprint density at radius 1 is 1.30 bits per heavy atom. The van der Waals surface area contributed by atoms with E-state index in [1.165, 1.54) is 5.56 Å². The van der Waals surface area contributed by atoms with Crippen molar-refractivity contribution in [2.45, 2.75) is 31.7 Å². The maximum absolute atomic E-state index is 9.28. The summed E-state index contributed by atoms with van der Waals surface area (Å²) < 4.78 is 0. The first-order chi connectivity index (χ1) is 11.3. The molecule has 5 nitrogen and oxygen atoms in total. The van der Waals surface area contributed by atoms with Crippen LogP contribution in [0.1, 0.15) is 24.1 Å². The molecule has 23 heavy (non-hydrogen) atoms. The number of anilines is 1. The van der Waals surface area contributed by atoms with Crippen LogP contribution in [0, 0.1) is 0 Å². The SMILES string of the molecule is CSC[C@@H](CCO)Nc1nc(-c2ccccn2)nc2c1CCC2. The Morgan fingerprint density at radius 2 is 2.22 bits per heavy atom. The van der Waals surface area contributed by atoms with E-state index in [-0.39, 0.29) is 12.6 Å². The number of hydrogen-bond acceptors (Lipinski definition) is 6. The van der Waals surface area contributed by atoms with Gasteiger partial charge in [0.2, 0.25) is 0 Å². The van der Waals surface area contributed by atoms with E-state index in [1.807, 2.05) is 18.2 Å². The molecule has 0 radical (unpaired) electrons. The van der Waals surface area contributed by atoms with Gasteiger partial charge >= 0.3 is 0 Å². The standard InChI is InChI=1S/C17H22N4OS/c1-23-11-12(8-10-22)19-16-13-5-4-7-14(13)20-17(21-16)15-6-2-3-9-18-15/h2-3,6,9,12,22H,4-5,7-8,10-11H2,1H3,(H,19,20,21)/t12-/m1/s1. The highest BCUT2D eigenvalue weighted by Gasteiger charge is 2.21. The first-order valence-electron chi connectivity index (χ1n) is 7.99. The maximum atomic E-state index is 9.28. The van der Waals surface area contributed by atoms with Gasteiger partial charge in [0.25, 0.3) is 0 Å². The lowest BCUT2D eigenvalue weighted by atomic mass is 10.2. The number of aryl methyl sites for hydroxylation is 1. The molecule has 0 saturated heterocycles. The lowest BCUT2D eigenvalue weighted by molar-refractivity contribution is 0.282. The molecule has 3 rings (SSSR count). The summed E-state index contributed by atoms with van der Waals surface area (Å²) in [5, 5.41) is 12.8. The Balaban J connectivity index is 1.94. The van der Waals surface area contributed by atoms with Crippen molar-refractivity contribution in [2.24, 2.45) is 0 Å². The molecule has 0 bridgehead atoms. The number of aliphatic hydroxyl groups excluding tert-OH is 1. The van der Waals surface area contributed by atoms with Gasteiger partial charge in [0, 0.05) is 35.9 Å². The first kappa shape index (κ1) is 16.2. The lowest BCUT2D eigenvalue weighted by Crippen LogP contribution is -2.25. The van der Waals surface area contributed by atoms with E-state index in [9.17, 15) is 5.11 Å². The zero-order valence-corrected chi connectivity index (χ0v) is 14.1. The number of rotatable bonds is 7. The molecule has 0 spiro atoms. The minimum Gasteiger partial charge on any atom is -0.396 e. The quantitative estimate of drug-likeness (QED) is 0.813.